The minimum Gasteiger partial charge on any atom is -0.384 e. The van der Waals surface area contributed by atoms with Crippen LogP contribution in [0.2, 0.25) is 0 Å². The standard InChI is InChI=1S/C12H16BrF3N2/c1-2-18(9-12(14,15)16)8-7-17-11-5-3-10(13)4-6-11/h3-6,17H,2,7-9H2,1H3. The molecule has 0 aromatic heterocycles. The van der Waals surface area contributed by atoms with Gasteiger partial charge in [0.1, 0.15) is 0 Å². The molecule has 0 saturated heterocycles. The van der Waals surface area contributed by atoms with Crippen LogP contribution in [0.1, 0.15) is 6.92 Å². The Morgan fingerprint density at radius 2 is 1.83 bits per heavy atom. The van der Waals surface area contributed by atoms with Gasteiger partial charge in [0.05, 0.1) is 6.54 Å². The molecule has 1 aromatic rings. The van der Waals surface area contributed by atoms with Gasteiger partial charge in [-0.05, 0) is 30.8 Å². The van der Waals surface area contributed by atoms with Crippen molar-refractivity contribution in [2.24, 2.45) is 0 Å². The summed E-state index contributed by atoms with van der Waals surface area (Å²) < 4.78 is 37.6. The largest absolute Gasteiger partial charge is 0.401 e. The molecule has 0 bridgehead atoms. The second kappa shape index (κ2) is 6.99. The number of hydrogen-bond acceptors (Lipinski definition) is 2. The number of hydrogen-bond donors (Lipinski definition) is 1. The van der Waals surface area contributed by atoms with Crippen molar-refractivity contribution >= 4 is 21.6 Å². The summed E-state index contributed by atoms with van der Waals surface area (Å²) in [5.74, 6) is 0. The first-order chi connectivity index (χ1) is 8.40. The van der Waals surface area contributed by atoms with Crippen LogP contribution in [0.5, 0.6) is 0 Å². The normalized spacial score (nSPS) is 11.9. The second-order valence-electron chi connectivity index (χ2n) is 3.92. The van der Waals surface area contributed by atoms with Gasteiger partial charge >= 0.3 is 6.18 Å². The molecule has 0 amide bonds. The van der Waals surface area contributed by atoms with Gasteiger partial charge in [-0.25, -0.2) is 0 Å². The van der Waals surface area contributed by atoms with Crippen LogP contribution in [0, 0.1) is 0 Å². The Morgan fingerprint density at radius 3 is 2.33 bits per heavy atom. The lowest BCUT2D eigenvalue weighted by Gasteiger charge is -2.22. The van der Waals surface area contributed by atoms with E-state index in [9.17, 15) is 13.2 Å². The van der Waals surface area contributed by atoms with E-state index in [2.05, 4.69) is 21.2 Å². The van der Waals surface area contributed by atoms with Crippen LogP contribution in [0.15, 0.2) is 28.7 Å². The lowest BCUT2D eigenvalue weighted by molar-refractivity contribution is -0.145. The highest BCUT2D eigenvalue weighted by molar-refractivity contribution is 9.10. The first-order valence-corrected chi connectivity index (χ1v) is 6.48. The molecule has 18 heavy (non-hydrogen) atoms. The van der Waals surface area contributed by atoms with Crippen LogP contribution < -0.4 is 5.32 Å². The lowest BCUT2D eigenvalue weighted by atomic mass is 10.3. The molecule has 0 aliphatic heterocycles. The summed E-state index contributed by atoms with van der Waals surface area (Å²) >= 11 is 3.32. The van der Waals surface area contributed by atoms with Gasteiger partial charge in [0, 0.05) is 23.2 Å². The Bertz CT molecular complexity index is 351. The van der Waals surface area contributed by atoms with Crippen molar-refractivity contribution < 1.29 is 13.2 Å². The highest BCUT2D eigenvalue weighted by Crippen LogP contribution is 2.16. The third-order valence-corrected chi connectivity index (χ3v) is 2.98. The SMILES string of the molecule is CCN(CCNc1ccc(Br)cc1)CC(F)(F)F. The summed E-state index contributed by atoms with van der Waals surface area (Å²) in [6, 6.07) is 7.53. The molecule has 0 unspecified atom stereocenters. The van der Waals surface area contributed by atoms with Crippen molar-refractivity contribution in [1.82, 2.24) is 4.90 Å². The number of benzene rings is 1. The zero-order chi connectivity index (χ0) is 13.6. The molecule has 1 aromatic carbocycles. The maximum Gasteiger partial charge on any atom is 0.401 e. The number of anilines is 1. The summed E-state index contributed by atoms with van der Waals surface area (Å²) in [7, 11) is 0. The van der Waals surface area contributed by atoms with E-state index in [4.69, 9.17) is 0 Å². The minimum atomic E-state index is -4.13. The van der Waals surface area contributed by atoms with Crippen molar-refractivity contribution in [1.29, 1.82) is 0 Å². The van der Waals surface area contributed by atoms with Crippen LogP contribution in [0.3, 0.4) is 0 Å². The summed E-state index contributed by atoms with van der Waals surface area (Å²) in [6.07, 6.45) is -4.13. The van der Waals surface area contributed by atoms with Crippen molar-refractivity contribution in [3.8, 4) is 0 Å². The van der Waals surface area contributed by atoms with Crippen LogP contribution in [0.25, 0.3) is 0 Å². The first-order valence-electron chi connectivity index (χ1n) is 5.69. The second-order valence-corrected chi connectivity index (χ2v) is 4.83. The lowest BCUT2D eigenvalue weighted by Crippen LogP contribution is -2.37. The number of nitrogens with one attached hydrogen (secondary N) is 1. The van der Waals surface area contributed by atoms with E-state index in [1.165, 1.54) is 4.90 Å². The number of alkyl halides is 3. The van der Waals surface area contributed by atoms with Crippen LogP contribution >= 0.6 is 15.9 Å². The van der Waals surface area contributed by atoms with Gasteiger partial charge in [0.25, 0.3) is 0 Å². The molecule has 0 aliphatic rings. The predicted molar refractivity (Wildman–Crippen MR) is 70.8 cm³/mol. The summed E-state index contributed by atoms with van der Waals surface area (Å²) in [4.78, 5) is 1.37. The number of nitrogens with zero attached hydrogens (tertiary/aromatic N) is 1. The number of likely N-dealkylation sites (N-methyl/N-ethyl adjacent to an activating group) is 1. The molecule has 0 spiro atoms. The molecule has 2 nitrogen and oxygen atoms in total. The summed E-state index contributed by atoms with van der Waals surface area (Å²) in [6.45, 7) is 2.12. The molecule has 0 aliphatic carbocycles. The smallest absolute Gasteiger partial charge is 0.384 e. The Labute approximate surface area is 113 Å². The van der Waals surface area contributed by atoms with Crippen molar-refractivity contribution in [3.63, 3.8) is 0 Å². The molecule has 0 fully saturated rings. The monoisotopic (exact) mass is 324 g/mol. The summed E-state index contributed by atoms with van der Waals surface area (Å²) in [5.41, 5.74) is 0.904. The minimum absolute atomic E-state index is 0.367. The molecular weight excluding hydrogens is 309 g/mol. The maximum absolute atomic E-state index is 12.2. The molecule has 0 atom stereocenters. The third-order valence-electron chi connectivity index (χ3n) is 2.45. The Morgan fingerprint density at radius 1 is 1.22 bits per heavy atom. The molecule has 0 heterocycles. The fourth-order valence-corrected chi connectivity index (χ4v) is 1.79. The van der Waals surface area contributed by atoms with Gasteiger partial charge in [-0.1, -0.05) is 22.9 Å². The van der Waals surface area contributed by atoms with Crippen LogP contribution in [0.4, 0.5) is 18.9 Å². The maximum atomic E-state index is 12.2. The van der Waals surface area contributed by atoms with E-state index in [1.807, 2.05) is 24.3 Å². The number of rotatable bonds is 6. The van der Waals surface area contributed by atoms with E-state index in [-0.39, 0.29) is 0 Å². The van der Waals surface area contributed by atoms with Gasteiger partial charge in [0.2, 0.25) is 0 Å². The zero-order valence-electron chi connectivity index (χ0n) is 10.1. The predicted octanol–water partition coefficient (Wildman–Crippen LogP) is 3.75. The van der Waals surface area contributed by atoms with Gasteiger partial charge in [-0.15, -0.1) is 0 Å². The summed E-state index contributed by atoms with van der Waals surface area (Å²) in [5, 5.41) is 3.09. The molecule has 0 radical (unpaired) electrons. The van der Waals surface area contributed by atoms with Crippen LogP contribution in [-0.2, 0) is 0 Å². The topological polar surface area (TPSA) is 15.3 Å². The highest BCUT2D eigenvalue weighted by Gasteiger charge is 2.29. The van der Waals surface area contributed by atoms with Gasteiger partial charge in [0.15, 0.2) is 0 Å². The van der Waals surface area contributed by atoms with Crippen molar-refractivity contribution in [3.05, 3.63) is 28.7 Å². The van der Waals surface area contributed by atoms with Gasteiger partial charge < -0.3 is 5.32 Å². The Balaban J connectivity index is 2.33. The third kappa shape index (κ3) is 6.26. The Kier molecular flexibility index (Phi) is 5.95. The van der Waals surface area contributed by atoms with Crippen molar-refractivity contribution in [2.45, 2.75) is 13.1 Å². The van der Waals surface area contributed by atoms with Gasteiger partial charge in [-0.3, -0.25) is 4.90 Å². The van der Waals surface area contributed by atoms with E-state index >= 15 is 0 Å². The average Bonchev–Trinajstić information content (AvgIpc) is 2.29. The van der Waals surface area contributed by atoms with Crippen molar-refractivity contribution in [2.75, 3.05) is 31.5 Å². The van der Waals surface area contributed by atoms with E-state index < -0.39 is 12.7 Å². The molecule has 0 saturated carbocycles. The molecular formula is C12H16BrF3N2. The first kappa shape index (κ1) is 15.3. The van der Waals surface area contributed by atoms with E-state index in [1.54, 1.807) is 6.92 Å². The quantitative estimate of drug-likeness (QED) is 0.857. The molecule has 1 rings (SSSR count). The van der Waals surface area contributed by atoms with E-state index in [0.717, 1.165) is 10.2 Å². The fraction of sp³-hybridized carbons (Fsp3) is 0.500. The zero-order valence-corrected chi connectivity index (χ0v) is 11.7. The average molecular weight is 325 g/mol. The van der Waals surface area contributed by atoms with Crippen LogP contribution in [-0.4, -0.2) is 37.3 Å². The highest BCUT2D eigenvalue weighted by atomic mass is 79.9. The number of halogens is 4. The Hall–Kier alpha value is -0.750. The molecule has 6 heteroatoms. The van der Waals surface area contributed by atoms with E-state index in [0.29, 0.717) is 19.6 Å². The fourth-order valence-electron chi connectivity index (χ4n) is 1.53. The molecule has 1 N–H and O–H groups in total. The van der Waals surface area contributed by atoms with Gasteiger partial charge in [-0.2, -0.15) is 13.2 Å². The molecule has 102 valence electrons.